The average molecular weight is 298 g/mol. The molecule has 19 heavy (non-hydrogen) atoms. The third-order valence-electron chi connectivity index (χ3n) is 3.09. The maximum Gasteiger partial charge on any atom is 0.126 e. The number of rotatable bonds is 3. The van der Waals surface area contributed by atoms with Crippen LogP contribution in [-0.2, 0) is 0 Å². The van der Waals surface area contributed by atoms with E-state index in [-0.39, 0.29) is 11.9 Å². The van der Waals surface area contributed by atoms with Crippen LogP contribution in [0.5, 0.6) is 0 Å². The molecule has 1 N–H and O–H groups in total. The van der Waals surface area contributed by atoms with Gasteiger partial charge in [-0.2, -0.15) is 0 Å². The summed E-state index contributed by atoms with van der Waals surface area (Å²) in [7, 11) is 1.81. The maximum absolute atomic E-state index is 13.7. The second-order valence-electron chi connectivity index (χ2n) is 4.40. The summed E-state index contributed by atoms with van der Waals surface area (Å²) in [6.07, 6.45) is 0. The van der Waals surface area contributed by atoms with E-state index in [0.717, 1.165) is 11.1 Å². The Bertz CT molecular complexity index is 599. The Kier molecular flexibility index (Phi) is 4.46. The minimum atomic E-state index is -0.220. The SMILES string of the molecule is CNC(c1ccc(C)c(F)c1)c1ccc(Cl)cc1Cl. The monoisotopic (exact) mass is 297 g/mol. The molecule has 0 amide bonds. The molecule has 0 saturated heterocycles. The Morgan fingerprint density at radius 1 is 1.11 bits per heavy atom. The molecule has 0 spiro atoms. The van der Waals surface area contributed by atoms with Gasteiger partial charge in [0, 0.05) is 10.0 Å². The molecular weight excluding hydrogens is 284 g/mol. The summed E-state index contributed by atoms with van der Waals surface area (Å²) in [4.78, 5) is 0. The van der Waals surface area contributed by atoms with Crippen molar-refractivity contribution in [3.63, 3.8) is 0 Å². The van der Waals surface area contributed by atoms with E-state index in [9.17, 15) is 4.39 Å². The second-order valence-corrected chi connectivity index (χ2v) is 5.24. The molecule has 2 aromatic carbocycles. The standard InChI is InChI=1S/C15H14Cl2FN/c1-9-3-4-10(7-14(9)18)15(19-2)12-6-5-11(16)8-13(12)17/h3-8,15,19H,1-2H3. The molecule has 0 aliphatic carbocycles. The lowest BCUT2D eigenvalue weighted by atomic mass is 9.97. The zero-order valence-electron chi connectivity index (χ0n) is 10.7. The van der Waals surface area contributed by atoms with E-state index in [0.29, 0.717) is 15.6 Å². The van der Waals surface area contributed by atoms with Gasteiger partial charge in [0.15, 0.2) is 0 Å². The number of hydrogen-bond acceptors (Lipinski definition) is 1. The maximum atomic E-state index is 13.7. The van der Waals surface area contributed by atoms with Crippen LogP contribution in [0.15, 0.2) is 36.4 Å². The fourth-order valence-electron chi connectivity index (χ4n) is 2.03. The van der Waals surface area contributed by atoms with Crippen molar-refractivity contribution in [2.24, 2.45) is 0 Å². The molecule has 0 aromatic heterocycles. The van der Waals surface area contributed by atoms with Crippen molar-refractivity contribution in [1.29, 1.82) is 0 Å². The molecule has 2 aromatic rings. The first kappa shape index (κ1) is 14.3. The van der Waals surface area contributed by atoms with E-state index in [1.165, 1.54) is 6.07 Å². The van der Waals surface area contributed by atoms with Crippen molar-refractivity contribution in [2.75, 3.05) is 7.05 Å². The highest BCUT2D eigenvalue weighted by Gasteiger charge is 2.16. The van der Waals surface area contributed by atoms with Gasteiger partial charge in [0.2, 0.25) is 0 Å². The fourth-order valence-corrected chi connectivity index (χ4v) is 2.54. The molecule has 0 aliphatic heterocycles. The van der Waals surface area contributed by atoms with Crippen LogP contribution >= 0.6 is 23.2 Å². The number of hydrogen-bond donors (Lipinski definition) is 1. The normalized spacial score (nSPS) is 12.5. The largest absolute Gasteiger partial charge is 0.309 e. The van der Waals surface area contributed by atoms with Crippen molar-refractivity contribution >= 4 is 23.2 Å². The minimum absolute atomic E-state index is 0.167. The van der Waals surface area contributed by atoms with Gasteiger partial charge in [0.05, 0.1) is 6.04 Å². The van der Waals surface area contributed by atoms with Crippen LogP contribution in [0.4, 0.5) is 4.39 Å². The summed E-state index contributed by atoms with van der Waals surface area (Å²) in [5.74, 6) is -0.220. The van der Waals surface area contributed by atoms with Gasteiger partial charge >= 0.3 is 0 Å². The van der Waals surface area contributed by atoms with Gasteiger partial charge in [-0.3, -0.25) is 0 Å². The van der Waals surface area contributed by atoms with Crippen LogP contribution in [0.3, 0.4) is 0 Å². The summed E-state index contributed by atoms with van der Waals surface area (Å²) in [6, 6.07) is 10.3. The Labute approximate surface area is 122 Å². The first-order chi connectivity index (χ1) is 9.02. The van der Waals surface area contributed by atoms with Crippen LogP contribution in [0, 0.1) is 12.7 Å². The Balaban J connectivity index is 2.46. The summed E-state index contributed by atoms with van der Waals surface area (Å²) in [5, 5.41) is 4.29. The third-order valence-corrected chi connectivity index (χ3v) is 3.65. The highest BCUT2D eigenvalue weighted by atomic mass is 35.5. The van der Waals surface area contributed by atoms with Gasteiger partial charge in [0.25, 0.3) is 0 Å². The van der Waals surface area contributed by atoms with Gasteiger partial charge in [-0.1, -0.05) is 41.4 Å². The Morgan fingerprint density at radius 2 is 1.84 bits per heavy atom. The molecule has 1 unspecified atom stereocenters. The molecule has 1 nitrogen and oxygen atoms in total. The van der Waals surface area contributed by atoms with Gasteiger partial charge in [-0.25, -0.2) is 4.39 Å². The first-order valence-electron chi connectivity index (χ1n) is 5.91. The fraction of sp³-hybridized carbons (Fsp3) is 0.200. The van der Waals surface area contributed by atoms with Crippen molar-refractivity contribution in [2.45, 2.75) is 13.0 Å². The molecule has 0 radical (unpaired) electrons. The predicted octanol–water partition coefficient (Wildman–Crippen LogP) is 4.75. The van der Waals surface area contributed by atoms with Crippen molar-refractivity contribution in [3.05, 3.63) is 69.0 Å². The summed E-state index contributed by atoms with van der Waals surface area (Å²) in [5.41, 5.74) is 2.33. The van der Waals surface area contributed by atoms with Crippen molar-refractivity contribution in [3.8, 4) is 0 Å². The molecule has 0 fully saturated rings. The average Bonchev–Trinajstić information content (AvgIpc) is 2.37. The van der Waals surface area contributed by atoms with E-state index in [2.05, 4.69) is 5.32 Å². The number of aryl methyl sites for hydroxylation is 1. The molecule has 100 valence electrons. The van der Waals surface area contributed by atoms with Gasteiger partial charge in [-0.05, 0) is 48.9 Å². The van der Waals surface area contributed by atoms with E-state index in [1.54, 1.807) is 25.1 Å². The quantitative estimate of drug-likeness (QED) is 0.862. The zero-order valence-corrected chi connectivity index (χ0v) is 12.2. The lowest BCUT2D eigenvalue weighted by molar-refractivity contribution is 0.608. The van der Waals surface area contributed by atoms with Crippen molar-refractivity contribution in [1.82, 2.24) is 5.32 Å². The molecule has 1 atom stereocenters. The molecule has 4 heteroatoms. The van der Waals surface area contributed by atoms with Gasteiger partial charge in [-0.15, -0.1) is 0 Å². The third kappa shape index (κ3) is 3.08. The molecule has 0 bridgehead atoms. The highest BCUT2D eigenvalue weighted by Crippen LogP contribution is 2.30. The number of halogens is 3. The predicted molar refractivity (Wildman–Crippen MR) is 78.5 cm³/mol. The van der Waals surface area contributed by atoms with Crippen LogP contribution in [-0.4, -0.2) is 7.05 Å². The summed E-state index contributed by atoms with van der Waals surface area (Å²) in [6.45, 7) is 1.74. The molecular formula is C15H14Cl2FN. The van der Waals surface area contributed by atoms with Crippen LogP contribution in [0.1, 0.15) is 22.7 Å². The smallest absolute Gasteiger partial charge is 0.126 e. The van der Waals surface area contributed by atoms with E-state index < -0.39 is 0 Å². The van der Waals surface area contributed by atoms with E-state index in [1.807, 2.05) is 19.2 Å². The first-order valence-corrected chi connectivity index (χ1v) is 6.66. The van der Waals surface area contributed by atoms with Crippen LogP contribution in [0.2, 0.25) is 10.0 Å². The molecule has 0 heterocycles. The van der Waals surface area contributed by atoms with Gasteiger partial charge < -0.3 is 5.32 Å². The zero-order chi connectivity index (χ0) is 14.0. The lowest BCUT2D eigenvalue weighted by Gasteiger charge is -2.19. The second kappa shape index (κ2) is 5.91. The highest BCUT2D eigenvalue weighted by molar-refractivity contribution is 6.35. The van der Waals surface area contributed by atoms with Crippen LogP contribution < -0.4 is 5.32 Å². The molecule has 0 aliphatic rings. The number of nitrogens with one attached hydrogen (secondary N) is 1. The summed E-state index contributed by atoms with van der Waals surface area (Å²) < 4.78 is 13.7. The molecule has 2 rings (SSSR count). The molecule has 0 saturated carbocycles. The van der Waals surface area contributed by atoms with Crippen LogP contribution in [0.25, 0.3) is 0 Å². The van der Waals surface area contributed by atoms with E-state index >= 15 is 0 Å². The Hall–Kier alpha value is -1.09. The minimum Gasteiger partial charge on any atom is -0.309 e. The lowest BCUT2D eigenvalue weighted by Crippen LogP contribution is -2.18. The van der Waals surface area contributed by atoms with Gasteiger partial charge in [0.1, 0.15) is 5.82 Å². The topological polar surface area (TPSA) is 12.0 Å². The Morgan fingerprint density at radius 3 is 2.42 bits per heavy atom. The summed E-state index contributed by atoms with van der Waals surface area (Å²) >= 11 is 12.1. The number of benzene rings is 2. The van der Waals surface area contributed by atoms with E-state index in [4.69, 9.17) is 23.2 Å². The van der Waals surface area contributed by atoms with Crippen molar-refractivity contribution < 1.29 is 4.39 Å².